The van der Waals surface area contributed by atoms with E-state index in [2.05, 4.69) is 39.9 Å². The molecular weight excluding hydrogens is 208 g/mol. The van der Waals surface area contributed by atoms with E-state index in [9.17, 15) is 0 Å². The quantitative estimate of drug-likeness (QED) is 0.774. The second-order valence-electron chi connectivity index (χ2n) is 6.90. The molecule has 0 radical (unpaired) electrons. The topological polar surface area (TPSA) is 38.0 Å². The molecule has 0 saturated heterocycles. The molecule has 3 N–H and O–H groups in total. The van der Waals surface area contributed by atoms with Gasteiger partial charge in [0, 0.05) is 18.1 Å². The predicted octanol–water partition coefficient (Wildman–Crippen LogP) is 3.31. The number of hydrogen-bond donors (Lipinski definition) is 2. The SMILES string of the molecule is CCC(C)(C)C1CCC(CN)(NC(C)C)CC1. The maximum absolute atomic E-state index is 6.01. The van der Waals surface area contributed by atoms with Crippen LogP contribution in [0.15, 0.2) is 0 Å². The standard InChI is InChI=1S/C15H32N2/c1-6-14(4,5)13-7-9-15(11-16,10-8-13)17-12(2)3/h12-13,17H,6-11,16H2,1-5H3. The Morgan fingerprint density at radius 2 is 1.82 bits per heavy atom. The summed E-state index contributed by atoms with van der Waals surface area (Å²) in [5, 5.41) is 3.71. The fraction of sp³-hybridized carbons (Fsp3) is 1.00. The highest BCUT2D eigenvalue weighted by molar-refractivity contribution is 4.97. The fourth-order valence-electron chi connectivity index (χ4n) is 3.26. The predicted molar refractivity (Wildman–Crippen MR) is 76.1 cm³/mol. The normalized spacial score (nSPS) is 30.9. The highest BCUT2D eigenvalue weighted by atomic mass is 15.0. The van der Waals surface area contributed by atoms with Crippen LogP contribution in [0.1, 0.15) is 66.7 Å². The molecule has 1 rings (SSSR count). The summed E-state index contributed by atoms with van der Waals surface area (Å²) in [7, 11) is 0. The molecular formula is C15H32N2. The van der Waals surface area contributed by atoms with Crippen LogP contribution in [0.3, 0.4) is 0 Å². The highest BCUT2D eigenvalue weighted by Crippen LogP contribution is 2.43. The van der Waals surface area contributed by atoms with E-state index < -0.39 is 0 Å². The van der Waals surface area contributed by atoms with Crippen LogP contribution in [0.4, 0.5) is 0 Å². The summed E-state index contributed by atoms with van der Waals surface area (Å²) in [6, 6.07) is 0.536. The third-order valence-electron chi connectivity index (χ3n) is 4.94. The zero-order valence-electron chi connectivity index (χ0n) is 12.5. The van der Waals surface area contributed by atoms with E-state index in [-0.39, 0.29) is 5.54 Å². The van der Waals surface area contributed by atoms with Crippen LogP contribution in [0, 0.1) is 11.3 Å². The fourth-order valence-corrected chi connectivity index (χ4v) is 3.26. The van der Waals surface area contributed by atoms with Gasteiger partial charge in [-0.25, -0.2) is 0 Å². The van der Waals surface area contributed by atoms with Gasteiger partial charge in [0.2, 0.25) is 0 Å². The van der Waals surface area contributed by atoms with Crippen LogP contribution >= 0.6 is 0 Å². The second kappa shape index (κ2) is 5.71. The molecule has 0 aromatic carbocycles. The van der Waals surface area contributed by atoms with Crippen LogP contribution in [-0.2, 0) is 0 Å². The van der Waals surface area contributed by atoms with E-state index in [1.54, 1.807) is 0 Å². The monoisotopic (exact) mass is 240 g/mol. The van der Waals surface area contributed by atoms with E-state index >= 15 is 0 Å². The molecule has 1 aliphatic carbocycles. The summed E-state index contributed by atoms with van der Waals surface area (Å²) in [5.41, 5.74) is 6.73. The molecule has 1 aliphatic rings. The van der Waals surface area contributed by atoms with Gasteiger partial charge in [-0.15, -0.1) is 0 Å². The molecule has 0 aliphatic heterocycles. The maximum Gasteiger partial charge on any atom is 0.0306 e. The van der Waals surface area contributed by atoms with Crippen molar-refractivity contribution in [1.82, 2.24) is 5.32 Å². The Morgan fingerprint density at radius 3 is 2.18 bits per heavy atom. The van der Waals surface area contributed by atoms with E-state index in [0.29, 0.717) is 11.5 Å². The summed E-state index contributed by atoms with van der Waals surface area (Å²) in [4.78, 5) is 0. The zero-order valence-corrected chi connectivity index (χ0v) is 12.5. The lowest BCUT2D eigenvalue weighted by Gasteiger charge is -2.46. The third kappa shape index (κ3) is 3.69. The Labute approximate surface area is 108 Å². The average molecular weight is 240 g/mol. The van der Waals surface area contributed by atoms with Gasteiger partial charge in [0.25, 0.3) is 0 Å². The molecule has 0 aromatic heterocycles. The van der Waals surface area contributed by atoms with Crippen molar-refractivity contribution in [3.8, 4) is 0 Å². The Bertz CT molecular complexity index is 225. The van der Waals surface area contributed by atoms with E-state index in [1.165, 1.54) is 32.1 Å². The summed E-state index contributed by atoms with van der Waals surface area (Å²) in [6.07, 6.45) is 6.44. The summed E-state index contributed by atoms with van der Waals surface area (Å²) < 4.78 is 0. The number of nitrogens with two attached hydrogens (primary N) is 1. The van der Waals surface area contributed by atoms with Crippen molar-refractivity contribution in [3.63, 3.8) is 0 Å². The molecule has 2 nitrogen and oxygen atoms in total. The van der Waals surface area contributed by atoms with Crippen LogP contribution in [0.25, 0.3) is 0 Å². The van der Waals surface area contributed by atoms with Gasteiger partial charge in [-0.1, -0.05) is 41.0 Å². The molecule has 17 heavy (non-hydrogen) atoms. The van der Waals surface area contributed by atoms with Gasteiger partial charge in [-0.2, -0.15) is 0 Å². The van der Waals surface area contributed by atoms with Gasteiger partial charge < -0.3 is 11.1 Å². The molecule has 0 unspecified atom stereocenters. The summed E-state index contributed by atoms with van der Waals surface area (Å²) >= 11 is 0. The largest absolute Gasteiger partial charge is 0.329 e. The Morgan fingerprint density at radius 1 is 1.29 bits per heavy atom. The molecule has 0 aromatic rings. The van der Waals surface area contributed by atoms with Crippen molar-refractivity contribution in [2.45, 2.75) is 78.3 Å². The summed E-state index contributed by atoms with van der Waals surface area (Å²) in [6.45, 7) is 12.4. The first-order chi connectivity index (χ1) is 7.85. The molecule has 0 atom stereocenters. The number of rotatable bonds is 5. The zero-order chi connectivity index (χ0) is 13.1. The second-order valence-corrected chi connectivity index (χ2v) is 6.90. The van der Waals surface area contributed by atoms with Gasteiger partial charge in [0.15, 0.2) is 0 Å². The van der Waals surface area contributed by atoms with Crippen LogP contribution in [0.2, 0.25) is 0 Å². The molecule has 0 amide bonds. The minimum Gasteiger partial charge on any atom is -0.329 e. The average Bonchev–Trinajstić information content (AvgIpc) is 2.29. The van der Waals surface area contributed by atoms with Crippen LogP contribution in [-0.4, -0.2) is 18.1 Å². The first-order valence-electron chi connectivity index (χ1n) is 7.33. The lowest BCUT2D eigenvalue weighted by Crippen LogP contribution is -2.56. The Balaban J connectivity index is 2.59. The summed E-state index contributed by atoms with van der Waals surface area (Å²) in [5.74, 6) is 0.876. The van der Waals surface area contributed by atoms with Gasteiger partial charge in [0.05, 0.1) is 0 Å². The lowest BCUT2D eigenvalue weighted by molar-refractivity contribution is 0.0977. The minimum absolute atomic E-state index is 0.217. The van der Waals surface area contributed by atoms with Crippen LogP contribution in [0.5, 0.6) is 0 Å². The minimum atomic E-state index is 0.217. The van der Waals surface area contributed by atoms with Crippen molar-refractivity contribution in [2.24, 2.45) is 17.1 Å². The Kier molecular flexibility index (Phi) is 5.03. The van der Waals surface area contributed by atoms with E-state index in [0.717, 1.165) is 12.5 Å². The molecule has 1 fully saturated rings. The van der Waals surface area contributed by atoms with Crippen molar-refractivity contribution in [3.05, 3.63) is 0 Å². The van der Waals surface area contributed by atoms with Gasteiger partial charge >= 0.3 is 0 Å². The van der Waals surface area contributed by atoms with Crippen molar-refractivity contribution >= 4 is 0 Å². The molecule has 0 heterocycles. The molecule has 102 valence electrons. The third-order valence-corrected chi connectivity index (χ3v) is 4.94. The maximum atomic E-state index is 6.01. The van der Waals surface area contributed by atoms with Gasteiger partial charge in [0.1, 0.15) is 0 Å². The van der Waals surface area contributed by atoms with Gasteiger partial charge in [-0.3, -0.25) is 0 Å². The van der Waals surface area contributed by atoms with Crippen molar-refractivity contribution in [2.75, 3.05) is 6.54 Å². The lowest BCUT2D eigenvalue weighted by atomic mass is 9.65. The first-order valence-corrected chi connectivity index (χ1v) is 7.33. The molecule has 2 heteroatoms. The van der Waals surface area contributed by atoms with E-state index in [4.69, 9.17) is 5.73 Å². The first kappa shape index (κ1) is 15.0. The Hall–Kier alpha value is -0.0800. The highest BCUT2D eigenvalue weighted by Gasteiger charge is 2.38. The number of hydrogen-bond acceptors (Lipinski definition) is 2. The van der Waals surface area contributed by atoms with Gasteiger partial charge in [-0.05, 0) is 37.0 Å². The smallest absolute Gasteiger partial charge is 0.0306 e. The van der Waals surface area contributed by atoms with Crippen molar-refractivity contribution < 1.29 is 0 Å². The van der Waals surface area contributed by atoms with Crippen molar-refractivity contribution in [1.29, 1.82) is 0 Å². The molecule has 0 bridgehead atoms. The molecule has 0 spiro atoms. The van der Waals surface area contributed by atoms with Crippen LogP contribution < -0.4 is 11.1 Å². The number of nitrogens with one attached hydrogen (secondary N) is 1. The van der Waals surface area contributed by atoms with E-state index in [1.807, 2.05) is 0 Å². The molecule has 1 saturated carbocycles.